The zero-order valence-electron chi connectivity index (χ0n) is 81.3. The Balaban J connectivity index is 0.000000168. The van der Waals surface area contributed by atoms with Gasteiger partial charge in [0.05, 0.1) is 112 Å². The van der Waals surface area contributed by atoms with E-state index in [9.17, 15) is 43.2 Å². The molecule has 0 saturated heterocycles. The zero-order chi connectivity index (χ0) is 105. The highest BCUT2D eigenvalue weighted by Gasteiger charge is 2.31. The van der Waals surface area contributed by atoms with Gasteiger partial charge >= 0.3 is 30.4 Å². The maximum Gasteiger partial charge on any atom is 0.508 e. The molecular weight excluding hydrogens is 1970 g/mol. The van der Waals surface area contributed by atoms with Crippen LogP contribution in [0.5, 0.6) is 17.2 Å². The normalized spacial score (nSPS) is 10.7. The van der Waals surface area contributed by atoms with E-state index in [0.717, 1.165) is 33.4 Å². The van der Waals surface area contributed by atoms with Gasteiger partial charge in [0.1, 0.15) is 149 Å². The minimum Gasteiger partial charge on any atom is -0.487 e. The molecule has 0 fully saturated rings. The van der Waals surface area contributed by atoms with E-state index < -0.39 is 65.2 Å². The van der Waals surface area contributed by atoms with Gasteiger partial charge in [-0.25, -0.2) is 69.0 Å². The van der Waals surface area contributed by atoms with Gasteiger partial charge in [-0.3, -0.25) is 52.6 Å². The van der Waals surface area contributed by atoms with E-state index in [4.69, 9.17) is 57.8 Å². The van der Waals surface area contributed by atoms with Crippen molar-refractivity contribution in [2.75, 3.05) is 11.1 Å². The Hall–Kier alpha value is -19.1. The van der Waals surface area contributed by atoms with Gasteiger partial charge < -0.3 is 63.2 Å². The van der Waals surface area contributed by atoms with Crippen LogP contribution >= 0.6 is 15.9 Å². The van der Waals surface area contributed by atoms with Crippen LogP contribution in [0, 0.1) is 0 Å². The van der Waals surface area contributed by atoms with E-state index in [1.807, 2.05) is 182 Å². The first-order chi connectivity index (χ1) is 72.2. The molecule has 0 unspecified atom stereocenters. The predicted molar refractivity (Wildman–Crippen MR) is 550 cm³/mol. The number of rotatable bonds is 31. The Kier molecular flexibility index (Phi) is 39.1. The van der Waals surface area contributed by atoms with Crippen molar-refractivity contribution in [3.05, 3.63) is 446 Å². The number of aromatic nitrogens is 16. The fourth-order valence-electron chi connectivity index (χ4n) is 13.8. The van der Waals surface area contributed by atoms with E-state index >= 15 is 0 Å². The lowest BCUT2D eigenvalue weighted by Crippen LogP contribution is -2.33. The lowest BCUT2D eigenvalue weighted by atomic mass is 10.0. The zero-order valence-corrected chi connectivity index (χ0v) is 82.9. The first-order valence-corrected chi connectivity index (χ1v) is 46.7. The van der Waals surface area contributed by atoms with Crippen LogP contribution in [0.15, 0.2) is 374 Å². The van der Waals surface area contributed by atoms with Crippen LogP contribution in [-0.4, -0.2) is 126 Å². The fourth-order valence-corrected chi connectivity index (χ4v) is 14.2. The van der Waals surface area contributed by atoms with Crippen LogP contribution in [0.2, 0.25) is 0 Å². The number of carbonyl (C=O) groups excluding carboxylic acids is 6. The predicted octanol–water partition coefficient (Wildman–Crippen LogP) is 18.3. The van der Waals surface area contributed by atoms with Crippen LogP contribution < -0.4 is 41.9 Å². The van der Waals surface area contributed by atoms with Crippen LogP contribution in [0.4, 0.5) is 25.8 Å². The molecule has 0 atom stereocenters. The summed E-state index contributed by atoms with van der Waals surface area (Å²) in [4.78, 5) is 167. The number of nitrogen functional groups attached to an aromatic ring is 1. The number of carbonyl (C=O) groups is 6. The molecule has 0 saturated carbocycles. The van der Waals surface area contributed by atoms with Gasteiger partial charge in [-0.05, 0) is 145 Å². The average molecular weight is 2070 g/mol. The number of hydrogen-bond acceptors (Lipinski definition) is 34. The van der Waals surface area contributed by atoms with Crippen molar-refractivity contribution in [3.63, 3.8) is 0 Å². The number of nitrogens with zero attached hydrogens (tertiary/aromatic N) is 16. The van der Waals surface area contributed by atoms with Crippen LogP contribution in [0.25, 0.3) is 50.8 Å². The van der Waals surface area contributed by atoms with Crippen LogP contribution in [-0.2, 0) is 107 Å². The minimum absolute atomic E-state index is 0.0127. The second kappa shape index (κ2) is 54.4. The third kappa shape index (κ3) is 33.2. The van der Waals surface area contributed by atoms with E-state index in [2.05, 4.69) is 86.0 Å². The Labute approximate surface area is 862 Å². The van der Waals surface area contributed by atoms with E-state index in [1.165, 1.54) is 107 Å². The van der Waals surface area contributed by atoms with Gasteiger partial charge in [0.2, 0.25) is 5.91 Å². The summed E-state index contributed by atoms with van der Waals surface area (Å²) in [6.07, 6.45) is 23.4. The lowest BCUT2D eigenvalue weighted by Gasteiger charge is -2.22. The van der Waals surface area contributed by atoms with Crippen molar-refractivity contribution in [2.24, 2.45) is 0 Å². The van der Waals surface area contributed by atoms with Gasteiger partial charge in [0.15, 0.2) is 0 Å². The van der Waals surface area contributed by atoms with Gasteiger partial charge in [-0.15, -0.1) is 0 Å². The van der Waals surface area contributed by atoms with Gasteiger partial charge in [0.25, 0.3) is 16.7 Å². The number of pyridine rings is 6. The van der Waals surface area contributed by atoms with Crippen molar-refractivity contribution in [3.8, 4) is 68.1 Å². The molecule has 0 spiro atoms. The summed E-state index contributed by atoms with van der Waals surface area (Å²) in [7, 11) is 0. The Morgan fingerprint density at radius 2 is 0.644 bits per heavy atom. The van der Waals surface area contributed by atoms with Crippen molar-refractivity contribution in [2.45, 2.75) is 119 Å². The molecule has 0 aliphatic heterocycles. The minimum atomic E-state index is -0.962. The molecular formula is C110H99BrN18O20. The summed E-state index contributed by atoms with van der Waals surface area (Å²) in [6.45, 7) is 10.3. The van der Waals surface area contributed by atoms with Gasteiger partial charge in [0, 0.05) is 41.3 Å². The topological polar surface area (TPSA) is 476 Å². The van der Waals surface area contributed by atoms with Gasteiger partial charge in [-0.2, -0.15) is 0 Å². The summed E-state index contributed by atoms with van der Waals surface area (Å²) in [5.74, 6) is -0.504. The quantitative estimate of drug-likeness (QED) is 0.0231. The summed E-state index contributed by atoms with van der Waals surface area (Å²) in [5.41, 5.74) is 12.8. The Bertz CT molecular complexity index is 7460. The first-order valence-electron chi connectivity index (χ1n) is 45.9. The molecule has 0 aliphatic carbocycles. The standard InChI is InChI=1S/C35H32N4O7.C30H23BrN4O5.C30H24N4O5.C11H15N3O3.C4H5N3/c1-35(2,3)46-33(41)28-17-27(31-30(15-10-16-38-31)43-20-24-11-6-4-7-12-24)29(39(32(28)40)26-18-36-23-37-19-26)22-45-34(42)44-21-25-13-8-5-9-14-25;31-25-14-24(28-27(12-7-13-34-28)38-17-21-8-3-1-4-9-21)26(35(29(25)36)23-15-32-20-33-16-23)19-40-30(37)39-18-22-10-5-2-6-11-22;35-28-14-13-25(29-27(12-7-15-33-29)37-18-22-8-3-1-4-9-22)26(34(28)24-16-31-21-32-17-24)20-39-30(36)38-19-23-10-5-2-6-11-23;1-11(2,3)17-10(16)4-9(15)14-8-5-12-7-13-6-8;5-4-1-6-3-7-2-4/h4-19,23H,20-22H2,1-3H3;1-16,20H,17-19H2;1-17,21H,18-20H2;5-7H,4H2,1-3H3,(H,14,15);1-3H,5H2. The molecule has 756 valence electrons. The summed E-state index contributed by atoms with van der Waals surface area (Å²) >= 11 is 3.38. The molecule has 17 aromatic rings. The average Bonchev–Trinajstić information content (AvgIpc) is 0.758. The van der Waals surface area contributed by atoms with Crippen molar-refractivity contribution in [1.82, 2.24) is 78.5 Å². The van der Waals surface area contributed by atoms with E-state index in [0.29, 0.717) is 92.8 Å². The third-order valence-electron chi connectivity index (χ3n) is 20.3. The second-order valence-electron chi connectivity index (χ2n) is 33.6. The smallest absolute Gasteiger partial charge is 0.487 e. The lowest BCUT2D eigenvalue weighted by molar-refractivity contribution is -0.155. The number of halogens is 1. The molecule has 38 nitrogen and oxygen atoms in total. The SMILES string of the molecule is CC(C)(C)OC(=O)CC(=O)Nc1cncnc1.CC(C)(C)OC(=O)c1cc(-c2ncccc2OCc2ccccc2)c(COC(=O)OCc2ccccc2)n(-c2cncnc2)c1=O.Nc1cncnc1.O=C(OCc1ccccc1)OCc1c(-c2ncccc2OCc2ccccc2)cc(Br)c(=O)n1-c1cncnc1.O=C(OCc1ccccc1)OCc1c(-c2ncccc2OCc2ccccc2)ccc(=O)n1-c1cncnc1. The number of amides is 1. The molecule has 11 heterocycles. The van der Waals surface area contributed by atoms with Crippen LogP contribution in [0.3, 0.4) is 0 Å². The number of hydrogen-bond donors (Lipinski definition) is 2. The number of benzene rings is 6. The molecule has 149 heavy (non-hydrogen) atoms. The number of esters is 2. The highest BCUT2D eigenvalue weighted by Crippen LogP contribution is 2.37. The second-order valence-corrected chi connectivity index (χ2v) is 34.5. The van der Waals surface area contributed by atoms with Gasteiger partial charge in [-0.1, -0.05) is 182 Å². The maximum absolute atomic E-state index is 14.0. The molecule has 17 rings (SSSR count). The molecule has 3 N–H and O–H groups in total. The monoisotopic (exact) mass is 2070 g/mol. The molecule has 0 aliphatic rings. The molecule has 0 radical (unpaired) electrons. The summed E-state index contributed by atoms with van der Waals surface area (Å²) in [6, 6.07) is 73.3. The van der Waals surface area contributed by atoms with Crippen LogP contribution in [0.1, 0.15) is 109 Å². The van der Waals surface area contributed by atoms with Crippen molar-refractivity contribution < 1.29 is 80.9 Å². The fraction of sp³-hybridized carbons (Fsp3) is 0.164. The molecule has 0 bridgehead atoms. The number of anilines is 2. The van der Waals surface area contributed by atoms with Crippen molar-refractivity contribution >= 4 is 63.6 Å². The highest BCUT2D eigenvalue weighted by atomic mass is 79.9. The van der Waals surface area contributed by atoms with E-state index in [1.54, 1.807) is 121 Å². The molecule has 1 amide bonds. The number of ether oxygens (including phenoxy) is 11. The number of nitrogens with two attached hydrogens (primary N) is 1. The first kappa shape index (κ1) is 107. The highest BCUT2D eigenvalue weighted by molar-refractivity contribution is 9.10. The third-order valence-corrected chi connectivity index (χ3v) is 20.9. The summed E-state index contributed by atoms with van der Waals surface area (Å²) < 4.78 is 65.6. The molecule has 39 heteroatoms. The molecule has 11 aromatic heterocycles. The van der Waals surface area contributed by atoms with E-state index in [-0.39, 0.29) is 78.6 Å². The summed E-state index contributed by atoms with van der Waals surface area (Å²) in [5, 5.41) is 2.49. The largest absolute Gasteiger partial charge is 0.508 e. The Morgan fingerprint density at radius 3 is 0.993 bits per heavy atom. The number of nitrogens with one attached hydrogen (secondary N) is 1. The van der Waals surface area contributed by atoms with Crippen molar-refractivity contribution in [1.29, 1.82) is 0 Å². The maximum atomic E-state index is 14.0. The molecule has 6 aromatic carbocycles. The Morgan fingerprint density at radius 1 is 0.336 bits per heavy atom.